The lowest BCUT2D eigenvalue weighted by atomic mass is 9.41. The van der Waals surface area contributed by atoms with Gasteiger partial charge in [0.05, 0.1) is 31.4 Å². The molecule has 3 aromatic carbocycles. The number of aliphatic hydroxyl groups is 3. The van der Waals surface area contributed by atoms with Crippen molar-refractivity contribution in [1.29, 1.82) is 0 Å². The van der Waals surface area contributed by atoms with Crippen LogP contribution in [0.3, 0.4) is 0 Å². The average molecular weight is 1040 g/mol. The third-order valence-corrected chi connectivity index (χ3v) is 23.2. The molecule has 76 heavy (non-hydrogen) atoms. The molecular weight excluding hydrogens is 951 g/mol. The Kier molecular flexibility index (Phi) is 14.6. The molecule has 16 rings (SSSR count). The van der Waals surface area contributed by atoms with E-state index in [1.165, 1.54) is 110 Å². The van der Waals surface area contributed by atoms with E-state index in [0.717, 1.165) is 41.4 Å². The highest BCUT2D eigenvalue weighted by Crippen LogP contribution is 2.67. The summed E-state index contributed by atoms with van der Waals surface area (Å²) in [4.78, 5) is 51.9. The van der Waals surface area contributed by atoms with E-state index in [2.05, 4.69) is 112 Å². The summed E-state index contributed by atoms with van der Waals surface area (Å²) in [5.41, 5.74) is 3.97. The molecule has 3 heterocycles. The number of hydrogen-bond donors (Lipinski definition) is 3. The Balaban J connectivity index is 0.000000115. The van der Waals surface area contributed by atoms with Crippen LogP contribution in [0.1, 0.15) is 140 Å². The van der Waals surface area contributed by atoms with Crippen molar-refractivity contribution in [3.05, 3.63) is 108 Å². The molecule has 0 radical (unpaired) electrons. The molecule has 0 spiro atoms. The molecule has 11 nitrogen and oxygen atoms in total. The first-order chi connectivity index (χ1) is 36.7. The van der Waals surface area contributed by atoms with Crippen molar-refractivity contribution < 1.29 is 39.4 Å². The van der Waals surface area contributed by atoms with Crippen molar-refractivity contribution >= 4 is 17.7 Å². The van der Waals surface area contributed by atoms with Crippen LogP contribution < -0.4 is 0 Å². The van der Waals surface area contributed by atoms with E-state index in [9.17, 15) is 29.7 Å². The maximum Gasteiger partial charge on any atom is 0.247 e. The number of rotatable bonds is 9. The quantitative estimate of drug-likeness (QED) is 0.193. The van der Waals surface area contributed by atoms with Crippen LogP contribution >= 0.6 is 0 Å². The Morgan fingerprint density at radius 1 is 0.447 bits per heavy atom. The second-order valence-electron chi connectivity index (χ2n) is 26.8. The second kappa shape index (κ2) is 21.2. The van der Waals surface area contributed by atoms with Gasteiger partial charge in [0.1, 0.15) is 13.2 Å². The van der Waals surface area contributed by atoms with Crippen LogP contribution in [-0.2, 0) is 40.3 Å². The van der Waals surface area contributed by atoms with Crippen LogP contribution in [0.5, 0.6) is 0 Å². The largest absolute Gasteiger partial charge is 0.389 e. The zero-order valence-corrected chi connectivity index (χ0v) is 45.7. The summed E-state index contributed by atoms with van der Waals surface area (Å²) in [5, 5.41) is 31.9. The standard InChI is InChI=1S/2C22H29NO3.C21H29NO2/c2*1-14-15-7-18-9-16(14)10-19(8-15)22(18,17-5-3-2-4-6-17)11-21(25)23-12-20(24)13-26-23;1-15-10-17-8-5-9-18(11-15)21(17,16-6-3-2-4-7-16)12-20(24)22-13-19(23)14-22/h2*2-6,14-16,18-20,24H,7-13H2,1H3;2-4,6-7,15,17-19,23H,5,8-14H2,1H3/t2*14?,15?,16?,18?,19?,20-,22?;/m10./s1. The number of benzene rings is 3. The van der Waals surface area contributed by atoms with Gasteiger partial charge in [-0.15, -0.1) is 0 Å². The second-order valence-corrected chi connectivity index (χ2v) is 26.8. The number of hydrogen-bond acceptors (Lipinski definition) is 8. The molecule has 410 valence electrons. The first-order valence-electron chi connectivity index (χ1n) is 30.1. The van der Waals surface area contributed by atoms with Crippen LogP contribution in [0.2, 0.25) is 0 Å². The van der Waals surface area contributed by atoms with Gasteiger partial charge in [-0.05, 0) is 171 Å². The first kappa shape index (κ1) is 52.6. The molecule has 4 atom stereocenters. The number of likely N-dealkylation sites (tertiary alicyclic amines) is 1. The van der Waals surface area contributed by atoms with Crippen molar-refractivity contribution in [3.63, 3.8) is 0 Å². The van der Waals surface area contributed by atoms with Gasteiger partial charge in [0.25, 0.3) is 0 Å². The Morgan fingerprint density at radius 2 is 0.776 bits per heavy atom. The molecule has 3 aromatic rings. The van der Waals surface area contributed by atoms with E-state index >= 15 is 0 Å². The Bertz CT molecular complexity index is 2320. The molecule has 10 saturated carbocycles. The number of carbonyl (C=O) groups excluding carboxylic acids is 3. The van der Waals surface area contributed by atoms with Crippen LogP contribution in [0.25, 0.3) is 0 Å². The molecule has 13 fully saturated rings. The van der Waals surface area contributed by atoms with E-state index in [1.807, 2.05) is 4.90 Å². The number of amides is 3. The van der Waals surface area contributed by atoms with Crippen LogP contribution in [0.15, 0.2) is 91.0 Å². The van der Waals surface area contributed by atoms with E-state index in [4.69, 9.17) is 9.68 Å². The highest BCUT2D eigenvalue weighted by Gasteiger charge is 2.62. The Hall–Kier alpha value is -4.13. The maximum atomic E-state index is 13.1. The summed E-state index contributed by atoms with van der Waals surface area (Å²) < 4.78 is 0. The van der Waals surface area contributed by atoms with Gasteiger partial charge in [-0.3, -0.25) is 24.1 Å². The third kappa shape index (κ3) is 9.29. The van der Waals surface area contributed by atoms with Crippen LogP contribution in [-0.4, -0.2) is 106 Å². The molecule has 3 N–H and O–H groups in total. The molecule has 3 saturated heterocycles. The smallest absolute Gasteiger partial charge is 0.247 e. The van der Waals surface area contributed by atoms with E-state index in [-0.39, 0.29) is 53.3 Å². The van der Waals surface area contributed by atoms with Crippen molar-refractivity contribution in [1.82, 2.24) is 15.0 Å². The topological polar surface area (TPSA) is 140 Å². The Labute approximate surface area is 452 Å². The lowest BCUT2D eigenvalue weighted by Gasteiger charge is -2.63. The van der Waals surface area contributed by atoms with Crippen molar-refractivity contribution in [2.75, 3.05) is 39.4 Å². The fourth-order valence-corrected chi connectivity index (χ4v) is 19.5. The Morgan fingerprint density at radius 3 is 1.09 bits per heavy atom. The van der Waals surface area contributed by atoms with Crippen molar-refractivity contribution in [2.24, 2.45) is 76.9 Å². The van der Waals surface area contributed by atoms with E-state index in [1.54, 1.807) is 0 Å². The minimum absolute atomic E-state index is 0.0175. The predicted molar refractivity (Wildman–Crippen MR) is 291 cm³/mol. The molecule has 13 aliphatic rings. The number of hydroxylamine groups is 4. The third-order valence-electron chi connectivity index (χ3n) is 23.2. The molecule has 2 unspecified atom stereocenters. The SMILES string of the molecule is CC1C2CC3CC1CC(C2)C3(CC(=O)N1C[C@@H](O)CO1)c1ccccc1.CC1C2CC3CC1CC(C2)C3(CC(=O)N1C[C@H](O)CO1)c1ccccc1.CC1CC2CCCC(C1)C2(CC(=O)N1CC(O)C1)c1ccccc1. The number of nitrogens with zero attached hydrogens (tertiary/aromatic N) is 3. The van der Waals surface area contributed by atoms with Gasteiger partial charge in [-0.2, -0.15) is 0 Å². The number of carbonyl (C=O) groups is 3. The van der Waals surface area contributed by atoms with Gasteiger partial charge in [0.15, 0.2) is 0 Å². The van der Waals surface area contributed by atoms with Gasteiger partial charge in [0.2, 0.25) is 17.7 Å². The fourth-order valence-electron chi connectivity index (χ4n) is 19.5. The summed E-state index contributed by atoms with van der Waals surface area (Å²) >= 11 is 0. The molecule has 3 amide bonds. The maximum absolute atomic E-state index is 13.1. The van der Waals surface area contributed by atoms with Gasteiger partial charge in [-0.1, -0.05) is 118 Å². The lowest BCUT2D eigenvalue weighted by Crippen LogP contribution is -2.59. The molecule has 11 heteroatoms. The van der Waals surface area contributed by atoms with E-state index in [0.29, 0.717) is 80.9 Å². The summed E-state index contributed by atoms with van der Waals surface area (Å²) in [6.07, 6.45) is 16.7. The number of aliphatic hydroxyl groups excluding tert-OH is 3. The van der Waals surface area contributed by atoms with Gasteiger partial charge in [-0.25, -0.2) is 10.1 Å². The first-order valence-corrected chi connectivity index (χ1v) is 30.1. The minimum atomic E-state index is -0.550. The zero-order valence-electron chi connectivity index (χ0n) is 45.7. The summed E-state index contributed by atoms with van der Waals surface area (Å²) in [6, 6.07) is 32.4. The lowest BCUT2D eigenvalue weighted by molar-refractivity contribution is -0.176. The summed E-state index contributed by atoms with van der Waals surface area (Å²) in [6.45, 7) is 9.41. The molecule has 10 aliphatic carbocycles. The molecular formula is C65H87N3O8. The number of β-amino-alcohol motifs (C(OH)–C–C–N with tert-alkyl or cyclic N) is 3. The summed E-state index contributed by atoms with van der Waals surface area (Å²) in [5.74, 6) is 9.82. The van der Waals surface area contributed by atoms with Gasteiger partial charge in [0, 0.05) is 48.6 Å². The van der Waals surface area contributed by atoms with Crippen LogP contribution in [0, 0.1) is 76.9 Å². The van der Waals surface area contributed by atoms with Crippen LogP contribution in [0.4, 0.5) is 0 Å². The average Bonchev–Trinajstić information content (AvgIpc) is 4.08. The van der Waals surface area contributed by atoms with Gasteiger partial charge < -0.3 is 20.2 Å². The highest BCUT2D eigenvalue weighted by molar-refractivity contribution is 5.79. The normalized spacial score (nSPS) is 41.4. The fraction of sp³-hybridized carbons (Fsp3) is 0.677. The van der Waals surface area contributed by atoms with Crippen molar-refractivity contribution in [2.45, 2.75) is 158 Å². The summed E-state index contributed by atoms with van der Waals surface area (Å²) in [7, 11) is 0. The monoisotopic (exact) mass is 1040 g/mol. The van der Waals surface area contributed by atoms with Gasteiger partial charge >= 0.3 is 0 Å². The number of fused-ring (bicyclic) bond motifs is 2. The predicted octanol–water partition coefficient (Wildman–Crippen LogP) is 9.67. The molecule has 0 aromatic heterocycles. The molecule has 3 aliphatic heterocycles. The minimum Gasteiger partial charge on any atom is -0.389 e. The van der Waals surface area contributed by atoms with Crippen molar-refractivity contribution in [3.8, 4) is 0 Å². The zero-order chi connectivity index (χ0) is 52.5. The highest BCUT2D eigenvalue weighted by atomic mass is 16.7. The molecule has 10 bridgehead atoms. The van der Waals surface area contributed by atoms with E-state index < -0.39 is 12.2 Å².